The Bertz CT molecular complexity index is 1390. The predicted octanol–water partition coefficient (Wildman–Crippen LogP) is 4.03. The van der Waals surface area contributed by atoms with Crippen LogP contribution in [0.25, 0.3) is 0 Å². The van der Waals surface area contributed by atoms with Crippen LogP contribution in [0.4, 0.5) is 0 Å². The molecular weight excluding hydrogens is 656 g/mol. The van der Waals surface area contributed by atoms with Crippen molar-refractivity contribution in [2.45, 2.75) is 50.1 Å². The molecule has 14 heteroatoms. The van der Waals surface area contributed by atoms with Crippen molar-refractivity contribution in [1.29, 1.82) is 0 Å². The monoisotopic (exact) mass is 698 g/mol. The molecule has 50 heavy (non-hydrogen) atoms. The zero-order valence-electron chi connectivity index (χ0n) is 28.1. The lowest BCUT2D eigenvalue weighted by Crippen LogP contribution is -2.36. The van der Waals surface area contributed by atoms with E-state index in [-0.39, 0.29) is 37.6 Å². The van der Waals surface area contributed by atoms with Crippen LogP contribution in [-0.2, 0) is 38.0 Å². The standard InChI is InChI=1S/C36H42O14/c1-5-31(37)45-17-9-7-15-43-25-13-11-23(19-27(25)41-3)35(39)49-29-21-47-34-30(22-48-33(29)34)50-36(40)24-12-14-26(28(20-24)42-4)44-16-8-10-18-46-32(38)6-2/h5-6,11-14,19-20,29-30,33-34H,1-2,7-10,15-18,21-22H2,3-4H3/t29-,30+,33-,34-/m1/s1. The number of esters is 4. The summed E-state index contributed by atoms with van der Waals surface area (Å²) in [6.45, 7) is 8.05. The Hall–Kier alpha value is -5.08. The van der Waals surface area contributed by atoms with Crippen LogP contribution in [0.3, 0.4) is 0 Å². The number of rotatable bonds is 20. The Morgan fingerprint density at radius 3 is 1.42 bits per heavy atom. The molecule has 2 aromatic rings. The summed E-state index contributed by atoms with van der Waals surface area (Å²) < 4.78 is 55.4. The van der Waals surface area contributed by atoms with Crippen molar-refractivity contribution in [3.63, 3.8) is 0 Å². The number of benzene rings is 2. The summed E-state index contributed by atoms with van der Waals surface area (Å²) in [6.07, 6.45) is 2.00. The van der Waals surface area contributed by atoms with E-state index >= 15 is 0 Å². The predicted molar refractivity (Wildman–Crippen MR) is 176 cm³/mol. The lowest BCUT2D eigenvalue weighted by Gasteiger charge is -2.18. The SMILES string of the molecule is C=CC(=O)OCCCCOc1ccc(C(=O)O[C@H]2CO[C@H]3[C@@H]2OC[C@H]3OC(=O)c2ccc(OCCCCOC(=O)C=C)c(OC)c2)cc1OC. The van der Waals surface area contributed by atoms with Gasteiger partial charge in [-0.1, -0.05) is 13.2 Å². The minimum absolute atomic E-state index is 0.0616. The Kier molecular flexibility index (Phi) is 14.5. The number of ether oxygens (including phenoxy) is 10. The molecule has 14 nitrogen and oxygen atoms in total. The average molecular weight is 699 g/mol. The van der Waals surface area contributed by atoms with Crippen LogP contribution in [0.2, 0.25) is 0 Å². The van der Waals surface area contributed by atoms with Gasteiger partial charge in [0.1, 0.15) is 12.2 Å². The minimum Gasteiger partial charge on any atom is -0.493 e. The van der Waals surface area contributed by atoms with Gasteiger partial charge in [0, 0.05) is 12.2 Å². The molecule has 2 aromatic carbocycles. The van der Waals surface area contributed by atoms with E-state index in [4.69, 9.17) is 47.4 Å². The first kappa shape index (κ1) is 37.7. The summed E-state index contributed by atoms with van der Waals surface area (Å²) in [7, 11) is 2.93. The van der Waals surface area contributed by atoms with E-state index in [0.29, 0.717) is 61.9 Å². The number of methoxy groups -OCH3 is 2. The molecule has 0 radical (unpaired) electrons. The molecule has 0 bridgehead atoms. The van der Waals surface area contributed by atoms with Crippen LogP contribution in [0.15, 0.2) is 61.7 Å². The molecule has 270 valence electrons. The Balaban J connectivity index is 1.24. The number of hydrogen-bond acceptors (Lipinski definition) is 14. The number of carbonyl (C=O) groups is 4. The summed E-state index contributed by atoms with van der Waals surface area (Å²) in [4.78, 5) is 48.3. The summed E-state index contributed by atoms with van der Waals surface area (Å²) in [5.41, 5.74) is 0.482. The number of fused-ring (bicyclic) bond motifs is 1. The van der Waals surface area contributed by atoms with Gasteiger partial charge in [-0.05, 0) is 62.1 Å². The normalized spacial score (nSPS) is 19.0. The smallest absolute Gasteiger partial charge is 0.338 e. The minimum atomic E-state index is -0.723. The van der Waals surface area contributed by atoms with Crippen molar-refractivity contribution in [1.82, 2.24) is 0 Å². The second-order valence-electron chi connectivity index (χ2n) is 11.1. The molecule has 4 rings (SSSR count). The zero-order valence-corrected chi connectivity index (χ0v) is 28.1. The van der Waals surface area contributed by atoms with Crippen LogP contribution < -0.4 is 18.9 Å². The van der Waals surface area contributed by atoms with Gasteiger partial charge in [0.25, 0.3) is 0 Å². The van der Waals surface area contributed by atoms with Gasteiger partial charge >= 0.3 is 23.9 Å². The second kappa shape index (κ2) is 19.2. The maximum absolute atomic E-state index is 13.1. The third kappa shape index (κ3) is 10.5. The van der Waals surface area contributed by atoms with Gasteiger partial charge in [0.15, 0.2) is 35.2 Å². The number of hydrogen-bond donors (Lipinski definition) is 0. The third-order valence-corrected chi connectivity index (χ3v) is 7.69. The van der Waals surface area contributed by atoms with Crippen molar-refractivity contribution in [2.24, 2.45) is 0 Å². The Labute approximate surface area is 290 Å². The van der Waals surface area contributed by atoms with Gasteiger partial charge in [0.2, 0.25) is 0 Å². The van der Waals surface area contributed by atoms with E-state index < -0.39 is 48.3 Å². The summed E-state index contributed by atoms with van der Waals surface area (Å²) in [6, 6.07) is 9.39. The van der Waals surface area contributed by atoms with E-state index in [0.717, 1.165) is 12.2 Å². The summed E-state index contributed by atoms with van der Waals surface area (Å²) in [5.74, 6) is -0.573. The lowest BCUT2D eigenvalue weighted by atomic mass is 10.1. The molecule has 2 saturated heterocycles. The van der Waals surface area contributed by atoms with Crippen LogP contribution in [-0.4, -0.2) is 102 Å². The molecule has 0 amide bonds. The molecule has 0 aliphatic carbocycles. The molecule has 0 spiro atoms. The topological polar surface area (TPSA) is 161 Å². The molecule has 0 N–H and O–H groups in total. The lowest BCUT2D eigenvalue weighted by molar-refractivity contribution is -0.138. The maximum Gasteiger partial charge on any atom is 0.338 e. The zero-order chi connectivity index (χ0) is 35.9. The van der Waals surface area contributed by atoms with Crippen LogP contribution in [0.5, 0.6) is 23.0 Å². The maximum atomic E-state index is 13.1. The highest BCUT2D eigenvalue weighted by atomic mass is 16.7. The molecule has 4 atom stereocenters. The van der Waals surface area contributed by atoms with Crippen molar-refractivity contribution in [3.05, 3.63) is 72.8 Å². The van der Waals surface area contributed by atoms with E-state index in [1.165, 1.54) is 26.4 Å². The number of unbranched alkanes of at least 4 members (excludes halogenated alkanes) is 2. The largest absolute Gasteiger partial charge is 0.493 e. The summed E-state index contributed by atoms with van der Waals surface area (Å²) in [5, 5.41) is 0. The van der Waals surface area contributed by atoms with Crippen LogP contribution in [0.1, 0.15) is 46.4 Å². The fraction of sp³-hybridized carbons (Fsp3) is 0.444. The Morgan fingerprint density at radius 2 is 1.04 bits per heavy atom. The quantitative estimate of drug-likeness (QED) is 0.0844. The highest BCUT2D eigenvalue weighted by Gasteiger charge is 2.51. The van der Waals surface area contributed by atoms with Gasteiger partial charge in [-0.25, -0.2) is 19.2 Å². The fourth-order valence-corrected chi connectivity index (χ4v) is 5.11. The molecule has 0 saturated carbocycles. The van der Waals surface area contributed by atoms with Crippen molar-refractivity contribution >= 4 is 23.9 Å². The van der Waals surface area contributed by atoms with Gasteiger partial charge in [-0.2, -0.15) is 0 Å². The van der Waals surface area contributed by atoms with Crippen molar-refractivity contribution in [3.8, 4) is 23.0 Å². The van der Waals surface area contributed by atoms with Crippen LogP contribution >= 0.6 is 0 Å². The van der Waals surface area contributed by atoms with Gasteiger partial charge in [-0.3, -0.25) is 0 Å². The molecule has 2 aliphatic heterocycles. The average Bonchev–Trinajstić information content (AvgIpc) is 3.73. The summed E-state index contributed by atoms with van der Waals surface area (Å²) >= 11 is 0. The molecular formula is C36H42O14. The van der Waals surface area contributed by atoms with Crippen molar-refractivity contribution in [2.75, 3.05) is 53.9 Å². The Morgan fingerprint density at radius 1 is 0.640 bits per heavy atom. The molecule has 2 aliphatic rings. The van der Waals surface area contributed by atoms with E-state index in [2.05, 4.69) is 13.2 Å². The molecule has 2 fully saturated rings. The van der Waals surface area contributed by atoms with E-state index in [1.54, 1.807) is 24.3 Å². The molecule has 0 unspecified atom stereocenters. The van der Waals surface area contributed by atoms with E-state index in [9.17, 15) is 19.2 Å². The van der Waals surface area contributed by atoms with Crippen LogP contribution in [0, 0.1) is 0 Å². The first-order chi connectivity index (χ1) is 24.3. The highest BCUT2D eigenvalue weighted by Crippen LogP contribution is 2.34. The van der Waals surface area contributed by atoms with E-state index in [1.807, 2.05) is 0 Å². The first-order valence-corrected chi connectivity index (χ1v) is 16.1. The first-order valence-electron chi connectivity index (χ1n) is 16.1. The van der Waals surface area contributed by atoms with Gasteiger partial charge in [0.05, 0.1) is 65.0 Å². The van der Waals surface area contributed by atoms with Gasteiger partial charge < -0.3 is 47.4 Å². The van der Waals surface area contributed by atoms with Crippen molar-refractivity contribution < 1.29 is 66.5 Å². The fourth-order valence-electron chi connectivity index (χ4n) is 5.11. The highest BCUT2D eigenvalue weighted by molar-refractivity contribution is 5.91. The van der Waals surface area contributed by atoms with Gasteiger partial charge in [-0.15, -0.1) is 0 Å². The second-order valence-corrected chi connectivity index (χ2v) is 11.1. The molecule has 0 aromatic heterocycles. The molecule has 2 heterocycles. The number of carbonyl (C=O) groups excluding carboxylic acids is 4. The third-order valence-electron chi connectivity index (χ3n) is 7.69.